The molecule has 0 radical (unpaired) electrons. The topological polar surface area (TPSA) is 71.1 Å². The lowest BCUT2D eigenvalue weighted by atomic mass is 9.95. The number of methoxy groups -OCH3 is 1. The maximum absolute atomic E-state index is 8.93. The zero-order chi connectivity index (χ0) is 14.7. The van der Waals surface area contributed by atoms with Crippen LogP contribution in [0.2, 0.25) is 0 Å². The predicted molar refractivity (Wildman–Crippen MR) is 83.4 cm³/mol. The van der Waals surface area contributed by atoms with Crippen LogP contribution >= 0.6 is 15.9 Å². The van der Waals surface area contributed by atoms with Crippen LogP contribution in [0.1, 0.15) is 18.9 Å². The van der Waals surface area contributed by atoms with Crippen molar-refractivity contribution in [1.82, 2.24) is 0 Å². The third-order valence-corrected chi connectivity index (χ3v) is 4.37. The molecule has 1 heterocycles. The molecule has 1 aliphatic rings. The Morgan fingerprint density at radius 3 is 2.95 bits per heavy atom. The molecular formula is C14H20BrN3O2. The second-order valence-electron chi connectivity index (χ2n) is 5.13. The number of rotatable bonds is 3. The Morgan fingerprint density at radius 2 is 2.30 bits per heavy atom. The molecule has 0 saturated carbocycles. The summed E-state index contributed by atoms with van der Waals surface area (Å²) in [4.78, 5) is 2.23. The average molecular weight is 342 g/mol. The zero-order valence-electron chi connectivity index (χ0n) is 11.7. The SMILES string of the molecule is COC1CN(c2cc(Br)ccc2/C(N)=N/O)CCC1C. The Labute approximate surface area is 127 Å². The first kappa shape index (κ1) is 15.1. The summed E-state index contributed by atoms with van der Waals surface area (Å²) in [7, 11) is 1.75. The highest BCUT2D eigenvalue weighted by atomic mass is 79.9. The monoisotopic (exact) mass is 341 g/mol. The Kier molecular flexibility index (Phi) is 4.88. The minimum absolute atomic E-state index is 0.125. The molecule has 20 heavy (non-hydrogen) atoms. The molecule has 0 aliphatic carbocycles. The van der Waals surface area contributed by atoms with Crippen LogP contribution in [-0.2, 0) is 4.74 Å². The third-order valence-electron chi connectivity index (χ3n) is 3.88. The summed E-state index contributed by atoms with van der Waals surface area (Å²) in [5.41, 5.74) is 7.47. The van der Waals surface area contributed by atoms with E-state index in [1.54, 1.807) is 7.11 Å². The molecule has 2 atom stereocenters. The van der Waals surface area contributed by atoms with Gasteiger partial charge in [-0.3, -0.25) is 0 Å². The van der Waals surface area contributed by atoms with Crippen molar-refractivity contribution >= 4 is 27.5 Å². The number of benzene rings is 1. The fourth-order valence-electron chi connectivity index (χ4n) is 2.60. The van der Waals surface area contributed by atoms with Gasteiger partial charge < -0.3 is 20.6 Å². The lowest BCUT2D eigenvalue weighted by Gasteiger charge is -2.38. The summed E-state index contributed by atoms with van der Waals surface area (Å²) in [5.74, 6) is 0.663. The number of halogens is 1. The molecule has 5 nitrogen and oxygen atoms in total. The summed E-state index contributed by atoms with van der Waals surface area (Å²) in [5, 5.41) is 12.0. The van der Waals surface area contributed by atoms with Crippen molar-refractivity contribution in [1.29, 1.82) is 0 Å². The molecule has 110 valence electrons. The van der Waals surface area contributed by atoms with Gasteiger partial charge in [-0.1, -0.05) is 28.0 Å². The highest BCUT2D eigenvalue weighted by Crippen LogP contribution is 2.30. The van der Waals surface area contributed by atoms with E-state index in [1.165, 1.54) is 0 Å². The maximum Gasteiger partial charge on any atom is 0.172 e. The summed E-state index contributed by atoms with van der Waals surface area (Å²) >= 11 is 3.48. The second kappa shape index (κ2) is 6.45. The molecule has 6 heteroatoms. The van der Waals surface area contributed by atoms with Gasteiger partial charge in [0.25, 0.3) is 0 Å². The van der Waals surface area contributed by atoms with Gasteiger partial charge >= 0.3 is 0 Å². The van der Waals surface area contributed by atoms with Gasteiger partial charge in [-0.25, -0.2) is 0 Å². The van der Waals surface area contributed by atoms with Gasteiger partial charge in [0.2, 0.25) is 0 Å². The normalized spacial score (nSPS) is 23.9. The molecular weight excluding hydrogens is 322 g/mol. The molecule has 1 aromatic carbocycles. The van der Waals surface area contributed by atoms with E-state index in [4.69, 9.17) is 15.7 Å². The number of nitrogens with zero attached hydrogens (tertiary/aromatic N) is 2. The number of hydrogen-bond acceptors (Lipinski definition) is 4. The van der Waals surface area contributed by atoms with Gasteiger partial charge in [0.05, 0.1) is 6.10 Å². The summed E-state index contributed by atoms with van der Waals surface area (Å²) in [6.07, 6.45) is 1.25. The largest absolute Gasteiger partial charge is 0.409 e. The van der Waals surface area contributed by atoms with Crippen LogP contribution in [0, 0.1) is 5.92 Å². The van der Waals surface area contributed by atoms with E-state index in [0.717, 1.165) is 35.2 Å². The number of nitrogens with two attached hydrogens (primary N) is 1. The van der Waals surface area contributed by atoms with E-state index < -0.39 is 0 Å². The molecule has 0 spiro atoms. The van der Waals surface area contributed by atoms with Gasteiger partial charge in [-0.2, -0.15) is 0 Å². The number of oxime groups is 1. The van der Waals surface area contributed by atoms with Crippen LogP contribution in [0.4, 0.5) is 5.69 Å². The van der Waals surface area contributed by atoms with Gasteiger partial charge in [-0.15, -0.1) is 0 Å². The van der Waals surface area contributed by atoms with E-state index in [1.807, 2.05) is 18.2 Å². The van der Waals surface area contributed by atoms with Crippen molar-refractivity contribution in [2.24, 2.45) is 16.8 Å². The van der Waals surface area contributed by atoms with Gasteiger partial charge in [0, 0.05) is 35.9 Å². The lowest BCUT2D eigenvalue weighted by Crippen LogP contribution is -2.44. The lowest BCUT2D eigenvalue weighted by molar-refractivity contribution is 0.0498. The van der Waals surface area contributed by atoms with E-state index >= 15 is 0 Å². The number of piperidine rings is 1. The third kappa shape index (κ3) is 3.07. The Bertz CT molecular complexity index is 507. The molecule has 2 unspecified atom stereocenters. The fourth-order valence-corrected chi connectivity index (χ4v) is 2.95. The van der Waals surface area contributed by atoms with Crippen molar-refractivity contribution in [3.05, 3.63) is 28.2 Å². The van der Waals surface area contributed by atoms with E-state index in [-0.39, 0.29) is 11.9 Å². The van der Waals surface area contributed by atoms with Crippen molar-refractivity contribution in [3.8, 4) is 0 Å². The quantitative estimate of drug-likeness (QED) is 0.383. The van der Waals surface area contributed by atoms with Crippen molar-refractivity contribution in [2.75, 3.05) is 25.1 Å². The first-order valence-electron chi connectivity index (χ1n) is 6.62. The van der Waals surface area contributed by atoms with Crippen LogP contribution < -0.4 is 10.6 Å². The van der Waals surface area contributed by atoms with Crippen LogP contribution in [0.5, 0.6) is 0 Å². The first-order chi connectivity index (χ1) is 9.56. The van der Waals surface area contributed by atoms with Crippen LogP contribution in [0.15, 0.2) is 27.8 Å². The van der Waals surface area contributed by atoms with Gasteiger partial charge in [-0.05, 0) is 30.5 Å². The molecule has 0 amide bonds. The summed E-state index contributed by atoms with van der Waals surface area (Å²) < 4.78 is 6.51. The summed E-state index contributed by atoms with van der Waals surface area (Å²) in [6, 6.07) is 5.74. The standard InChI is InChI=1S/C14H20BrN3O2/c1-9-5-6-18(8-13(9)20-2)12-7-10(15)3-4-11(12)14(16)17-19/h3-4,7,9,13,19H,5-6,8H2,1-2H3,(H2,16,17). The van der Waals surface area contributed by atoms with Crippen LogP contribution in [-0.4, -0.2) is 37.3 Å². The molecule has 2 rings (SSSR count). The van der Waals surface area contributed by atoms with Gasteiger partial charge in [0.15, 0.2) is 5.84 Å². The van der Waals surface area contributed by atoms with Crippen molar-refractivity contribution in [2.45, 2.75) is 19.4 Å². The average Bonchev–Trinajstić information content (AvgIpc) is 2.47. The zero-order valence-corrected chi connectivity index (χ0v) is 13.3. The molecule has 1 fully saturated rings. The summed E-state index contributed by atoms with van der Waals surface area (Å²) in [6.45, 7) is 3.94. The molecule has 3 N–H and O–H groups in total. The molecule has 0 aromatic heterocycles. The molecule has 1 aliphatic heterocycles. The van der Waals surface area contributed by atoms with Crippen molar-refractivity contribution < 1.29 is 9.94 Å². The van der Waals surface area contributed by atoms with Crippen LogP contribution in [0.3, 0.4) is 0 Å². The van der Waals surface area contributed by atoms with Crippen LogP contribution in [0.25, 0.3) is 0 Å². The number of hydrogen-bond donors (Lipinski definition) is 2. The second-order valence-corrected chi connectivity index (χ2v) is 6.05. The Hall–Kier alpha value is -1.27. The van der Waals surface area contributed by atoms with E-state index in [0.29, 0.717) is 5.92 Å². The highest BCUT2D eigenvalue weighted by Gasteiger charge is 2.27. The maximum atomic E-state index is 8.93. The number of anilines is 1. The number of amidine groups is 1. The van der Waals surface area contributed by atoms with E-state index in [2.05, 4.69) is 32.9 Å². The Morgan fingerprint density at radius 1 is 1.55 bits per heavy atom. The molecule has 1 aromatic rings. The van der Waals surface area contributed by atoms with Gasteiger partial charge in [0.1, 0.15) is 0 Å². The molecule has 0 bridgehead atoms. The Balaban J connectivity index is 2.34. The smallest absolute Gasteiger partial charge is 0.172 e. The van der Waals surface area contributed by atoms with Crippen molar-refractivity contribution in [3.63, 3.8) is 0 Å². The minimum atomic E-state index is 0.125. The predicted octanol–water partition coefficient (Wildman–Crippen LogP) is 2.40. The fraction of sp³-hybridized carbons (Fsp3) is 0.500. The molecule has 1 saturated heterocycles. The van der Waals surface area contributed by atoms with E-state index in [9.17, 15) is 0 Å². The highest BCUT2D eigenvalue weighted by molar-refractivity contribution is 9.10. The minimum Gasteiger partial charge on any atom is -0.409 e. The first-order valence-corrected chi connectivity index (χ1v) is 7.41. The number of ether oxygens (including phenoxy) is 1.